The van der Waals surface area contributed by atoms with Crippen LogP contribution >= 0.6 is 0 Å². The monoisotopic (exact) mass is 304 g/mol. The molecular formula is C15H32N2O4. The van der Waals surface area contributed by atoms with E-state index in [0.29, 0.717) is 39.6 Å². The maximum absolute atomic E-state index is 11.6. The molecule has 6 nitrogen and oxygen atoms in total. The van der Waals surface area contributed by atoms with Crippen LogP contribution in [0.2, 0.25) is 0 Å². The minimum atomic E-state index is -0.351. The van der Waals surface area contributed by atoms with Gasteiger partial charge in [0, 0.05) is 18.6 Å². The molecule has 0 aromatic heterocycles. The zero-order chi connectivity index (χ0) is 16.0. The molecule has 0 aromatic rings. The molecule has 0 spiro atoms. The van der Waals surface area contributed by atoms with Crippen LogP contribution in [0.15, 0.2) is 0 Å². The number of ether oxygens (including phenoxy) is 3. The van der Waals surface area contributed by atoms with Crippen molar-refractivity contribution in [2.45, 2.75) is 27.2 Å². The Morgan fingerprint density at radius 3 is 1.90 bits per heavy atom. The zero-order valence-electron chi connectivity index (χ0n) is 14.0. The Hall–Kier alpha value is -0.690. The molecule has 2 N–H and O–H groups in total. The molecule has 0 unspecified atom stereocenters. The van der Waals surface area contributed by atoms with E-state index in [-0.39, 0.29) is 11.3 Å². The lowest BCUT2D eigenvalue weighted by Gasteiger charge is -2.17. The number of rotatable bonds is 13. The first-order valence-electron chi connectivity index (χ1n) is 7.64. The van der Waals surface area contributed by atoms with E-state index in [1.54, 1.807) is 0 Å². The van der Waals surface area contributed by atoms with E-state index in [1.165, 1.54) is 0 Å². The topological polar surface area (TPSA) is 68.8 Å². The number of carbonyl (C=O) groups is 1. The van der Waals surface area contributed by atoms with Crippen LogP contribution in [0.1, 0.15) is 27.2 Å². The minimum Gasteiger partial charge on any atom is -0.379 e. The highest BCUT2D eigenvalue weighted by Crippen LogP contribution is 2.11. The van der Waals surface area contributed by atoms with Gasteiger partial charge in [0.05, 0.1) is 33.0 Å². The van der Waals surface area contributed by atoms with Gasteiger partial charge in [-0.05, 0) is 20.0 Å². The third-order valence-corrected chi connectivity index (χ3v) is 2.67. The lowest BCUT2D eigenvalue weighted by molar-refractivity contribution is -0.128. The van der Waals surface area contributed by atoms with Crippen molar-refractivity contribution >= 4 is 5.91 Å². The third-order valence-electron chi connectivity index (χ3n) is 2.67. The van der Waals surface area contributed by atoms with E-state index in [9.17, 15) is 4.79 Å². The van der Waals surface area contributed by atoms with Gasteiger partial charge < -0.3 is 24.8 Å². The van der Waals surface area contributed by atoms with Crippen LogP contribution in [0, 0.1) is 5.41 Å². The fourth-order valence-electron chi connectivity index (χ4n) is 1.39. The van der Waals surface area contributed by atoms with E-state index in [0.717, 1.165) is 19.6 Å². The van der Waals surface area contributed by atoms with Gasteiger partial charge in [0.25, 0.3) is 0 Å². The van der Waals surface area contributed by atoms with Crippen molar-refractivity contribution in [1.82, 2.24) is 10.6 Å². The number of hydrogen-bond donors (Lipinski definition) is 2. The second-order valence-corrected chi connectivity index (χ2v) is 5.80. The standard InChI is InChI=1S/C15H32N2O4/c1-15(2,3)14(18)17-7-9-20-11-13-21-12-10-19-8-5-6-16-4/h16H,5-13H2,1-4H3,(H,17,18). The molecule has 0 aliphatic heterocycles. The first kappa shape index (κ1) is 20.3. The van der Waals surface area contributed by atoms with Crippen molar-refractivity contribution in [2.75, 3.05) is 59.8 Å². The normalized spacial score (nSPS) is 11.6. The van der Waals surface area contributed by atoms with Gasteiger partial charge in [-0.3, -0.25) is 4.79 Å². The molecule has 0 aliphatic rings. The molecular weight excluding hydrogens is 272 g/mol. The highest BCUT2D eigenvalue weighted by molar-refractivity contribution is 5.81. The van der Waals surface area contributed by atoms with Gasteiger partial charge in [-0.2, -0.15) is 0 Å². The Morgan fingerprint density at radius 2 is 1.38 bits per heavy atom. The van der Waals surface area contributed by atoms with E-state index >= 15 is 0 Å². The maximum atomic E-state index is 11.6. The summed E-state index contributed by atoms with van der Waals surface area (Å²) < 4.78 is 16.1. The summed E-state index contributed by atoms with van der Waals surface area (Å²) in [6.07, 6.45) is 1.01. The molecule has 0 fully saturated rings. The zero-order valence-corrected chi connectivity index (χ0v) is 14.0. The van der Waals surface area contributed by atoms with Crippen LogP contribution in [0.5, 0.6) is 0 Å². The molecule has 6 heteroatoms. The fourth-order valence-corrected chi connectivity index (χ4v) is 1.39. The van der Waals surface area contributed by atoms with Crippen molar-refractivity contribution in [2.24, 2.45) is 5.41 Å². The van der Waals surface area contributed by atoms with Crippen LogP contribution in [0.4, 0.5) is 0 Å². The number of amides is 1. The summed E-state index contributed by atoms with van der Waals surface area (Å²) in [5.41, 5.74) is -0.351. The highest BCUT2D eigenvalue weighted by Gasteiger charge is 2.20. The third kappa shape index (κ3) is 14.0. The van der Waals surface area contributed by atoms with Crippen molar-refractivity contribution in [3.8, 4) is 0 Å². The molecule has 0 atom stereocenters. The SMILES string of the molecule is CNCCCOCCOCCOCCNC(=O)C(C)(C)C. The lowest BCUT2D eigenvalue weighted by Crippen LogP contribution is -2.36. The molecule has 0 saturated carbocycles. The highest BCUT2D eigenvalue weighted by atomic mass is 16.5. The first-order valence-corrected chi connectivity index (χ1v) is 7.64. The fraction of sp³-hybridized carbons (Fsp3) is 0.933. The van der Waals surface area contributed by atoms with E-state index in [4.69, 9.17) is 14.2 Å². The van der Waals surface area contributed by atoms with Gasteiger partial charge in [0.15, 0.2) is 0 Å². The van der Waals surface area contributed by atoms with Crippen molar-refractivity contribution in [1.29, 1.82) is 0 Å². The largest absolute Gasteiger partial charge is 0.379 e. The molecule has 0 rings (SSSR count). The molecule has 21 heavy (non-hydrogen) atoms. The summed E-state index contributed by atoms with van der Waals surface area (Å²) in [7, 11) is 1.93. The molecule has 126 valence electrons. The van der Waals surface area contributed by atoms with Gasteiger partial charge in [0.2, 0.25) is 5.91 Å². The smallest absolute Gasteiger partial charge is 0.225 e. The average molecular weight is 304 g/mol. The van der Waals surface area contributed by atoms with Crippen molar-refractivity contribution < 1.29 is 19.0 Å². The average Bonchev–Trinajstić information content (AvgIpc) is 2.42. The van der Waals surface area contributed by atoms with Crippen molar-refractivity contribution in [3.05, 3.63) is 0 Å². The van der Waals surface area contributed by atoms with Crippen LogP contribution in [-0.4, -0.2) is 65.7 Å². The van der Waals surface area contributed by atoms with Crippen molar-refractivity contribution in [3.63, 3.8) is 0 Å². The first-order chi connectivity index (χ1) is 9.98. The summed E-state index contributed by atoms with van der Waals surface area (Å²) in [5, 5.41) is 5.89. The number of carbonyl (C=O) groups excluding carboxylic acids is 1. The van der Waals surface area contributed by atoms with E-state index in [2.05, 4.69) is 10.6 Å². The Bertz CT molecular complexity index is 255. The van der Waals surface area contributed by atoms with E-state index < -0.39 is 0 Å². The Morgan fingerprint density at radius 1 is 0.857 bits per heavy atom. The number of nitrogens with one attached hydrogen (secondary N) is 2. The summed E-state index contributed by atoms with van der Waals surface area (Å²) >= 11 is 0. The van der Waals surface area contributed by atoms with Gasteiger partial charge >= 0.3 is 0 Å². The molecule has 0 bridgehead atoms. The van der Waals surface area contributed by atoms with Crippen LogP contribution < -0.4 is 10.6 Å². The van der Waals surface area contributed by atoms with Crippen LogP contribution in [0.25, 0.3) is 0 Å². The molecule has 0 aliphatic carbocycles. The van der Waals surface area contributed by atoms with Gasteiger partial charge in [-0.15, -0.1) is 0 Å². The molecule has 0 radical (unpaired) electrons. The summed E-state index contributed by atoms with van der Waals surface area (Å²) in [6.45, 7) is 10.7. The Labute approximate surface area is 128 Å². The van der Waals surface area contributed by atoms with Crippen LogP contribution in [0.3, 0.4) is 0 Å². The summed E-state index contributed by atoms with van der Waals surface area (Å²) in [5.74, 6) is 0.0396. The predicted molar refractivity (Wildman–Crippen MR) is 83.5 cm³/mol. The molecule has 0 heterocycles. The number of hydrogen-bond acceptors (Lipinski definition) is 5. The molecule has 0 saturated heterocycles. The summed E-state index contributed by atoms with van der Waals surface area (Å²) in [6, 6.07) is 0. The van der Waals surface area contributed by atoms with Crippen LogP contribution in [-0.2, 0) is 19.0 Å². The second kappa shape index (κ2) is 13.0. The van der Waals surface area contributed by atoms with Gasteiger partial charge in [-0.25, -0.2) is 0 Å². The summed E-state index contributed by atoms with van der Waals surface area (Å²) in [4.78, 5) is 11.6. The van der Waals surface area contributed by atoms with Gasteiger partial charge in [0.1, 0.15) is 0 Å². The second-order valence-electron chi connectivity index (χ2n) is 5.80. The quantitative estimate of drug-likeness (QED) is 0.493. The predicted octanol–water partition coefficient (Wildman–Crippen LogP) is 0.808. The molecule has 0 aromatic carbocycles. The minimum absolute atomic E-state index is 0.0396. The lowest BCUT2D eigenvalue weighted by atomic mass is 9.96. The maximum Gasteiger partial charge on any atom is 0.225 e. The Kier molecular flexibility index (Phi) is 12.6. The van der Waals surface area contributed by atoms with E-state index in [1.807, 2.05) is 27.8 Å². The Balaban J connectivity index is 3.14. The van der Waals surface area contributed by atoms with Gasteiger partial charge in [-0.1, -0.05) is 20.8 Å². The molecule has 1 amide bonds.